The molecule has 1 heterocycles. The van der Waals surface area contributed by atoms with Crippen LogP contribution in [0, 0.1) is 16.0 Å². The topological polar surface area (TPSA) is 128 Å². The molecule has 2 rings (SSSR count). The molecule has 0 saturated heterocycles. The predicted octanol–water partition coefficient (Wildman–Crippen LogP) is 3.10. The molecule has 2 atom stereocenters. The van der Waals surface area contributed by atoms with Crippen molar-refractivity contribution in [2.24, 2.45) is 5.92 Å². The summed E-state index contributed by atoms with van der Waals surface area (Å²) in [5.41, 5.74) is 1.06. The van der Waals surface area contributed by atoms with Crippen LogP contribution in [0.15, 0.2) is 41.1 Å². The Kier molecular flexibility index (Phi) is 9.39. The number of carbonyl (C=O) groups is 2. The Balaban J connectivity index is 2.04. The van der Waals surface area contributed by atoms with E-state index < -0.39 is 22.8 Å². The van der Waals surface area contributed by atoms with E-state index >= 15 is 0 Å². The molecule has 9 nitrogen and oxygen atoms in total. The van der Waals surface area contributed by atoms with Crippen molar-refractivity contribution < 1.29 is 29.1 Å². The molecule has 2 N–H and O–H groups in total. The molecule has 0 aliphatic heterocycles. The van der Waals surface area contributed by atoms with Crippen molar-refractivity contribution in [3.8, 4) is 0 Å². The molecule has 0 saturated carbocycles. The molecule has 0 radical (unpaired) electrons. The number of nitrogens with zero attached hydrogens (tertiary/aromatic N) is 1. The van der Waals surface area contributed by atoms with Crippen LogP contribution in [0.2, 0.25) is 0 Å². The highest BCUT2D eigenvalue weighted by atomic mass is 32.1. The first-order valence-electron chi connectivity index (χ1n) is 9.35. The smallest absolute Gasteiger partial charge is 0.326 e. The summed E-state index contributed by atoms with van der Waals surface area (Å²) in [6.07, 6.45) is 0.767. The number of nitro groups is 1. The van der Waals surface area contributed by atoms with E-state index in [0.29, 0.717) is 13.0 Å². The minimum Gasteiger partial charge on any atom is -0.480 e. The highest BCUT2D eigenvalue weighted by molar-refractivity contribution is 7.07. The number of aliphatic carboxylic acids is 1. The van der Waals surface area contributed by atoms with Crippen LogP contribution in [-0.4, -0.2) is 48.0 Å². The Bertz CT molecular complexity index is 824. The molecule has 0 unspecified atom stereocenters. The van der Waals surface area contributed by atoms with Crippen LogP contribution in [0.4, 0.5) is 5.69 Å². The molecule has 0 aliphatic carbocycles. The minimum atomic E-state index is -1.16. The van der Waals surface area contributed by atoms with E-state index in [2.05, 4.69) is 5.32 Å². The summed E-state index contributed by atoms with van der Waals surface area (Å²) in [5.74, 6) is -1.93. The highest BCUT2D eigenvalue weighted by Gasteiger charge is 2.25. The van der Waals surface area contributed by atoms with E-state index in [1.807, 2.05) is 23.8 Å². The zero-order chi connectivity index (χ0) is 21.9. The van der Waals surface area contributed by atoms with Crippen LogP contribution in [0.5, 0.6) is 0 Å². The number of rotatable bonds is 13. The second-order valence-electron chi connectivity index (χ2n) is 6.59. The fraction of sp³-hybridized carbons (Fsp3) is 0.400. The first-order chi connectivity index (χ1) is 14.4. The Morgan fingerprint density at radius 3 is 2.53 bits per heavy atom. The first-order valence-corrected chi connectivity index (χ1v) is 10.3. The SMILES string of the molecule is CCOCOC[C@@H](Cc1ccsc1)C[C@H](NC(=O)c1ccc([N+](=O)[O-])cc1)C(=O)O. The first kappa shape index (κ1) is 23.5. The van der Waals surface area contributed by atoms with Crippen molar-refractivity contribution in [3.63, 3.8) is 0 Å². The third-order valence-electron chi connectivity index (χ3n) is 4.34. The van der Waals surface area contributed by atoms with Crippen molar-refractivity contribution in [2.45, 2.75) is 25.8 Å². The van der Waals surface area contributed by atoms with Gasteiger partial charge in [-0.3, -0.25) is 14.9 Å². The number of nitrogens with one attached hydrogen (secondary N) is 1. The average molecular weight is 436 g/mol. The number of thiophene rings is 1. The van der Waals surface area contributed by atoms with Crippen LogP contribution in [0.25, 0.3) is 0 Å². The number of carboxylic acids is 1. The van der Waals surface area contributed by atoms with Gasteiger partial charge in [0.2, 0.25) is 0 Å². The highest BCUT2D eigenvalue weighted by Crippen LogP contribution is 2.18. The average Bonchev–Trinajstić information content (AvgIpc) is 3.23. The number of hydrogen-bond acceptors (Lipinski definition) is 7. The van der Waals surface area contributed by atoms with Gasteiger partial charge < -0.3 is 19.9 Å². The molecule has 0 spiro atoms. The van der Waals surface area contributed by atoms with Gasteiger partial charge in [-0.25, -0.2) is 4.79 Å². The Hall–Kier alpha value is -2.82. The van der Waals surface area contributed by atoms with E-state index in [4.69, 9.17) is 9.47 Å². The molecule has 1 aromatic carbocycles. The van der Waals surface area contributed by atoms with Gasteiger partial charge in [-0.15, -0.1) is 0 Å². The molecule has 0 fully saturated rings. The number of nitro benzene ring substituents is 1. The summed E-state index contributed by atoms with van der Waals surface area (Å²) in [5, 5.41) is 26.8. The molecular formula is C20H24N2O7S. The molecule has 1 aromatic heterocycles. The predicted molar refractivity (Wildman–Crippen MR) is 111 cm³/mol. The molecule has 162 valence electrons. The summed E-state index contributed by atoms with van der Waals surface area (Å²) in [4.78, 5) is 34.4. The van der Waals surface area contributed by atoms with E-state index in [-0.39, 0.29) is 37.0 Å². The lowest BCUT2D eigenvalue weighted by Gasteiger charge is -2.22. The van der Waals surface area contributed by atoms with Gasteiger partial charge in [-0.2, -0.15) is 11.3 Å². The lowest BCUT2D eigenvalue weighted by atomic mass is 9.94. The normalized spacial score (nSPS) is 12.8. The van der Waals surface area contributed by atoms with Gasteiger partial charge in [0.05, 0.1) is 11.5 Å². The van der Waals surface area contributed by atoms with Crippen LogP contribution in [-0.2, 0) is 20.7 Å². The molecule has 30 heavy (non-hydrogen) atoms. The fourth-order valence-electron chi connectivity index (χ4n) is 2.84. The maximum absolute atomic E-state index is 12.4. The van der Waals surface area contributed by atoms with Gasteiger partial charge >= 0.3 is 5.97 Å². The molecule has 10 heteroatoms. The zero-order valence-corrected chi connectivity index (χ0v) is 17.3. The lowest BCUT2D eigenvalue weighted by Crippen LogP contribution is -2.42. The number of carbonyl (C=O) groups excluding carboxylic acids is 1. The van der Waals surface area contributed by atoms with Crippen LogP contribution < -0.4 is 5.32 Å². The Morgan fingerprint density at radius 2 is 1.97 bits per heavy atom. The third-order valence-corrected chi connectivity index (χ3v) is 5.07. The largest absolute Gasteiger partial charge is 0.480 e. The maximum Gasteiger partial charge on any atom is 0.326 e. The standard InChI is InChI=1S/C20H24N2O7S/c1-2-28-13-29-11-15(9-14-7-8-30-12-14)10-18(20(24)25)21-19(23)16-3-5-17(6-4-16)22(26)27/h3-8,12,15,18H,2,9-11,13H2,1H3,(H,21,23)(H,24,25)/t15-,18-/m0/s1. The van der Waals surface area contributed by atoms with Gasteiger partial charge in [0.15, 0.2) is 0 Å². The van der Waals surface area contributed by atoms with Crippen molar-refractivity contribution >= 4 is 28.9 Å². The zero-order valence-electron chi connectivity index (χ0n) is 16.5. The molecule has 0 bridgehead atoms. The second kappa shape index (κ2) is 12.0. The van der Waals surface area contributed by atoms with Crippen LogP contribution >= 0.6 is 11.3 Å². The molecular weight excluding hydrogens is 412 g/mol. The Labute approximate surface area is 177 Å². The van der Waals surface area contributed by atoms with Crippen molar-refractivity contribution in [2.75, 3.05) is 20.0 Å². The number of non-ortho nitro benzene ring substituents is 1. The monoisotopic (exact) mass is 436 g/mol. The number of benzene rings is 1. The van der Waals surface area contributed by atoms with Crippen molar-refractivity contribution in [1.82, 2.24) is 5.32 Å². The quantitative estimate of drug-likeness (QED) is 0.214. The summed E-state index contributed by atoms with van der Waals surface area (Å²) >= 11 is 1.55. The van der Waals surface area contributed by atoms with E-state index in [1.165, 1.54) is 24.3 Å². The van der Waals surface area contributed by atoms with Gasteiger partial charge in [0.1, 0.15) is 12.8 Å². The fourth-order valence-corrected chi connectivity index (χ4v) is 3.52. The van der Waals surface area contributed by atoms with Gasteiger partial charge in [0.25, 0.3) is 11.6 Å². The van der Waals surface area contributed by atoms with Crippen LogP contribution in [0.3, 0.4) is 0 Å². The summed E-state index contributed by atoms with van der Waals surface area (Å²) in [7, 11) is 0. The summed E-state index contributed by atoms with van der Waals surface area (Å²) < 4.78 is 10.7. The number of hydrogen-bond donors (Lipinski definition) is 2. The third kappa shape index (κ3) is 7.54. The molecule has 0 aliphatic rings. The van der Waals surface area contributed by atoms with E-state index in [9.17, 15) is 24.8 Å². The maximum atomic E-state index is 12.4. The van der Waals surface area contributed by atoms with Crippen molar-refractivity contribution in [3.05, 3.63) is 62.3 Å². The van der Waals surface area contributed by atoms with Gasteiger partial charge in [-0.1, -0.05) is 0 Å². The lowest BCUT2D eigenvalue weighted by molar-refractivity contribution is -0.384. The summed E-state index contributed by atoms with van der Waals surface area (Å²) in [6, 6.07) is 5.82. The second-order valence-corrected chi connectivity index (χ2v) is 7.37. The number of amides is 1. The summed E-state index contributed by atoms with van der Waals surface area (Å²) in [6.45, 7) is 2.76. The molecule has 2 aromatic rings. The number of ether oxygens (including phenoxy) is 2. The van der Waals surface area contributed by atoms with Crippen LogP contribution in [0.1, 0.15) is 29.3 Å². The van der Waals surface area contributed by atoms with E-state index in [1.54, 1.807) is 11.3 Å². The number of carboxylic acid groups (broad SMARTS) is 1. The van der Waals surface area contributed by atoms with Gasteiger partial charge in [0, 0.05) is 24.3 Å². The molecule has 1 amide bonds. The van der Waals surface area contributed by atoms with Crippen molar-refractivity contribution in [1.29, 1.82) is 0 Å². The van der Waals surface area contributed by atoms with E-state index in [0.717, 1.165) is 5.56 Å². The van der Waals surface area contributed by atoms with Gasteiger partial charge in [-0.05, 0) is 60.2 Å². The minimum absolute atomic E-state index is 0.115. The Morgan fingerprint density at radius 1 is 1.23 bits per heavy atom.